The fourth-order valence-electron chi connectivity index (χ4n) is 3.63. The Labute approximate surface area is 196 Å². The zero-order chi connectivity index (χ0) is 23.3. The normalized spacial score (nSPS) is 11.0. The highest BCUT2D eigenvalue weighted by Crippen LogP contribution is 2.24. The fourth-order valence-corrected chi connectivity index (χ4v) is 3.63. The van der Waals surface area contributed by atoms with Gasteiger partial charge in [-0.15, -0.1) is 0 Å². The van der Waals surface area contributed by atoms with Gasteiger partial charge >= 0.3 is 0 Å². The molecular weight excluding hydrogens is 430 g/mol. The SMILES string of the molecule is Cc1cccc(-c2cc(NC(=O)CCc3nc(-c4ccco4)no3)n(Cc3ccccc3)n2)c1. The molecule has 8 heteroatoms. The van der Waals surface area contributed by atoms with Gasteiger partial charge in [0, 0.05) is 24.5 Å². The monoisotopic (exact) mass is 453 g/mol. The van der Waals surface area contributed by atoms with E-state index in [2.05, 4.69) is 21.5 Å². The van der Waals surface area contributed by atoms with E-state index in [1.54, 1.807) is 18.4 Å². The Bertz CT molecular complexity index is 1390. The van der Waals surface area contributed by atoms with E-state index >= 15 is 0 Å². The molecule has 0 bridgehead atoms. The largest absolute Gasteiger partial charge is 0.461 e. The molecule has 0 saturated carbocycles. The molecule has 8 nitrogen and oxygen atoms in total. The second kappa shape index (κ2) is 9.58. The minimum absolute atomic E-state index is 0.164. The third-order valence-electron chi connectivity index (χ3n) is 5.31. The number of furan rings is 1. The molecule has 1 N–H and O–H groups in total. The lowest BCUT2D eigenvalue weighted by atomic mass is 10.1. The van der Waals surface area contributed by atoms with Gasteiger partial charge in [-0.25, -0.2) is 4.68 Å². The van der Waals surface area contributed by atoms with E-state index < -0.39 is 0 Å². The molecule has 170 valence electrons. The predicted octanol–water partition coefficient (Wildman–Crippen LogP) is 5.12. The van der Waals surface area contributed by atoms with Crippen molar-refractivity contribution in [1.82, 2.24) is 19.9 Å². The van der Waals surface area contributed by atoms with E-state index in [1.807, 2.05) is 66.2 Å². The van der Waals surface area contributed by atoms with Crippen LogP contribution in [-0.2, 0) is 17.8 Å². The van der Waals surface area contributed by atoms with Crippen molar-refractivity contribution in [3.63, 3.8) is 0 Å². The summed E-state index contributed by atoms with van der Waals surface area (Å²) in [6.45, 7) is 2.58. The molecule has 2 aromatic carbocycles. The first-order valence-electron chi connectivity index (χ1n) is 11.0. The highest BCUT2D eigenvalue weighted by molar-refractivity contribution is 5.90. The summed E-state index contributed by atoms with van der Waals surface area (Å²) in [5.41, 5.74) is 4.04. The average Bonchev–Trinajstić information content (AvgIpc) is 3.60. The maximum absolute atomic E-state index is 12.8. The Morgan fingerprint density at radius 3 is 2.71 bits per heavy atom. The van der Waals surface area contributed by atoms with Gasteiger partial charge in [0.15, 0.2) is 5.76 Å². The number of amides is 1. The molecule has 3 heterocycles. The van der Waals surface area contributed by atoms with Crippen LogP contribution >= 0.6 is 0 Å². The summed E-state index contributed by atoms with van der Waals surface area (Å²) < 4.78 is 12.3. The van der Waals surface area contributed by atoms with Crippen LogP contribution < -0.4 is 5.32 Å². The summed E-state index contributed by atoms with van der Waals surface area (Å²) in [7, 11) is 0. The summed E-state index contributed by atoms with van der Waals surface area (Å²) in [5.74, 6) is 1.73. The number of nitrogens with one attached hydrogen (secondary N) is 1. The number of anilines is 1. The minimum Gasteiger partial charge on any atom is -0.461 e. The van der Waals surface area contributed by atoms with E-state index in [4.69, 9.17) is 14.0 Å². The van der Waals surface area contributed by atoms with Gasteiger partial charge < -0.3 is 14.3 Å². The molecule has 5 rings (SSSR count). The summed E-state index contributed by atoms with van der Waals surface area (Å²) in [4.78, 5) is 17.1. The van der Waals surface area contributed by atoms with Crippen molar-refractivity contribution in [2.75, 3.05) is 5.32 Å². The second-order valence-corrected chi connectivity index (χ2v) is 7.96. The molecule has 0 unspecified atom stereocenters. The molecule has 0 aliphatic carbocycles. The number of aryl methyl sites for hydroxylation is 2. The van der Waals surface area contributed by atoms with Crippen LogP contribution in [0, 0.1) is 6.92 Å². The molecule has 3 aromatic heterocycles. The first kappa shape index (κ1) is 21.4. The molecule has 0 atom stereocenters. The van der Waals surface area contributed by atoms with Gasteiger partial charge in [0.1, 0.15) is 5.82 Å². The molecule has 0 saturated heterocycles. The lowest BCUT2D eigenvalue weighted by Gasteiger charge is -2.08. The van der Waals surface area contributed by atoms with E-state index in [9.17, 15) is 4.79 Å². The topological polar surface area (TPSA) is 99.0 Å². The number of hydrogen-bond donors (Lipinski definition) is 1. The maximum Gasteiger partial charge on any atom is 0.238 e. The van der Waals surface area contributed by atoms with Crippen LogP contribution in [0.15, 0.2) is 88.0 Å². The fraction of sp³-hybridized carbons (Fsp3) is 0.154. The van der Waals surface area contributed by atoms with E-state index in [0.717, 1.165) is 22.4 Å². The van der Waals surface area contributed by atoms with Crippen molar-refractivity contribution in [3.05, 3.63) is 96.1 Å². The number of carbonyl (C=O) groups excluding carboxylic acids is 1. The lowest BCUT2D eigenvalue weighted by Crippen LogP contribution is -2.16. The van der Waals surface area contributed by atoms with E-state index in [-0.39, 0.29) is 12.3 Å². The molecule has 5 aromatic rings. The first-order chi connectivity index (χ1) is 16.6. The highest BCUT2D eigenvalue weighted by Gasteiger charge is 2.15. The zero-order valence-electron chi connectivity index (χ0n) is 18.6. The number of benzene rings is 2. The smallest absolute Gasteiger partial charge is 0.238 e. The van der Waals surface area contributed by atoms with Gasteiger partial charge in [-0.05, 0) is 30.7 Å². The van der Waals surface area contributed by atoms with Crippen LogP contribution in [0.1, 0.15) is 23.4 Å². The summed E-state index contributed by atoms with van der Waals surface area (Å²) >= 11 is 0. The molecule has 0 aliphatic heterocycles. The number of rotatable bonds is 8. The molecular formula is C26H23N5O3. The van der Waals surface area contributed by atoms with E-state index in [0.29, 0.717) is 36.3 Å². The van der Waals surface area contributed by atoms with Crippen molar-refractivity contribution >= 4 is 11.7 Å². The van der Waals surface area contributed by atoms with Gasteiger partial charge in [0.05, 0.1) is 18.5 Å². The molecule has 0 fully saturated rings. The Morgan fingerprint density at radius 2 is 1.91 bits per heavy atom. The predicted molar refractivity (Wildman–Crippen MR) is 127 cm³/mol. The van der Waals surface area contributed by atoms with Crippen LogP contribution in [0.25, 0.3) is 22.8 Å². The molecule has 0 radical (unpaired) electrons. The minimum atomic E-state index is -0.164. The summed E-state index contributed by atoms with van der Waals surface area (Å²) in [5, 5.41) is 11.7. The number of nitrogens with zero attached hydrogens (tertiary/aromatic N) is 4. The van der Waals surface area contributed by atoms with Gasteiger partial charge in [-0.1, -0.05) is 59.3 Å². The van der Waals surface area contributed by atoms with Crippen molar-refractivity contribution in [2.45, 2.75) is 26.3 Å². The standard InChI is InChI=1S/C26H23N5O3/c1-18-7-5-10-20(15-18)21-16-23(31(29-21)17-19-8-3-2-4-9-19)27-24(32)12-13-25-28-26(30-34-25)22-11-6-14-33-22/h2-11,14-16H,12-13,17H2,1H3,(H,27,32). The highest BCUT2D eigenvalue weighted by atomic mass is 16.5. The van der Waals surface area contributed by atoms with Crippen LogP contribution in [-0.4, -0.2) is 25.8 Å². The number of hydrogen-bond acceptors (Lipinski definition) is 6. The third kappa shape index (κ3) is 4.96. The van der Waals surface area contributed by atoms with Crippen molar-refractivity contribution < 1.29 is 13.7 Å². The van der Waals surface area contributed by atoms with Gasteiger partial charge in [-0.3, -0.25) is 4.79 Å². The second-order valence-electron chi connectivity index (χ2n) is 7.96. The Balaban J connectivity index is 1.31. The molecule has 0 aliphatic rings. The first-order valence-corrected chi connectivity index (χ1v) is 11.0. The Hall–Kier alpha value is -4.46. The quantitative estimate of drug-likeness (QED) is 0.350. The Kier molecular flexibility index (Phi) is 6.03. The Morgan fingerprint density at radius 1 is 1.03 bits per heavy atom. The zero-order valence-corrected chi connectivity index (χ0v) is 18.6. The molecule has 34 heavy (non-hydrogen) atoms. The third-order valence-corrected chi connectivity index (χ3v) is 5.31. The molecule has 0 spiro atoms. The molecule has 1 amide bonds. The lowest BCUT2D eigenvalue weighted by molar-refractivity contribution is -0.116. The summed E-state index contributed by atoms with van der Waals surface area (Å²) in [6, 6.07) is 23.6. The van der Waals surface area contributed by atoms with Crippen LogP contribution in [0.2, 0.25) is 0 Å². The van der Waals surface area contributed by atoms with Crippen LogP contribution in [0.3, 0.4) is 0 Å². The average molecular weight is 454 g/mol. The van der Waals surface area contributed by atoms with Crippen molar-refractivity contribution in [1.29, 1.82) is 0 Å². The number of carbonyl (C=O) groups is 1. The van der Waals surface area contributed by atoms with Gasteiger partial charge in [0.25, 0.3) is 0 Å². The van der Waals surface area contributed by atoms with Crippen molar-refractivity contribution in [2.24, 2.45) is 0 Å². The van der Waals surface area contributed by atoms with Crippen LogP contribution in [0.5, 0.6) is 0 Å². The maximum atomic E-state index is 12.8. The van der Waals surface area contributed by atoms with Gasteiger partial charge in [-0.2, -0.15) is 10.1 Å². The van der Waals surface area contributed by atoms with Crippen LogP contribution in [0.4, 0.5) is 5.82 Å². The summed E-state index contributed by atoms with van der Waals surface area (Å²) in [6.07, 6.45) is 2.05. The van der Waals surface area contributed by atoms with Crippen molar-refractivity contribution in [3.8, 4) is 22.8 Å². The number of aromatic nitrogens is 4. The van der Waals surface area contributed by atoms with Gasteiger partial charge in [0.2, 0.25) is 17.6 Å². The van der Waals surface area contributed by atoms with E-state index in [1.165, 1.54) is 0 Å².